The molecule has 0 saturated heterocycles. The van der Waals surface area contributed by atoms with Crippen molar-refractivity contribution in [1.29, 1.82) is 0 Å². The first-order valence-electron chi connectivity index (χ1n) is 6.22. The van der Waals surface area contributed by atoms with Gasteiger partial charge in [0.05, 0.1) is 11.8 Å². The van der Waals surface area contributed by atoms with E-state index in [4.69, 9.17) is 9.52 Å². The van der Waals surface area contributed by atoms with Gasteiger partial charge in [-0.3, -0.25) is 4.79 Å². The second-order valence-electron chi connectivity index (χ2n) is 4.41. The molecular formula is C15H14N2O4. The van der Waals surface area contributed by atoms with Crippen molar-refractivity contribution in [2.45, 2.75) is 13.8 Å². The molecule has 0 spiro atoms. The number of furan rings is 1. The SMILES string of the molecule is CC(=O)N/N=C\c1ccc(-c2cccc(C(=O)O)c2C)o1. The summed E-state index contributed by atoms with van der Waals surface area (Å²) in [5.41, 5.74) is 3.84. The molecule has 1 aromatic heterocycles. The number of aromatic carboxylic acids is 1. The van der Waals surface area contributed by atoms with Crippen LogP contribution in [0, 0.1) is 6.92 Å². The number of hydrazone groups is 1. The van der Waals surface area contributed by atoms with Crippen LogP contribution in [0.1, 0.15) is 28.6 Å². The Morgan fingerprint density at radius 3 is 2.71 bits per heavy atom. The maximum absolute atomic E-state index is 11.1. The fraction of sp³-hybridized carbons (Fsp3) is 0.133. The lowest BCUT2D eigenvalue weighted by Gasteiger charge is -2.05. The Labute approximate surface area is 121 Å². The van der Waals surface area contributed by atoms with E-state index in [-0.39, 0.29) is 11.5 Å². The molecule has 1 amide bonds. The lowest BCUT2D eigenvalue weighted by Crippen LogP contribution is -2.12. The molecule has 0 unspecified atom stereocenters. The van der Waals surface area contributed by atoms with E-state index < -0.39 is 5.97 Å². The van der Waals surface area contributed by atoms with Gasteiger partial charge in [0, 0.05) is 12.5 Å². The summed E-state index contributed by atoms with van der Waals surface area (Å²) in [6.45, 7) is 3.08. The first kappa shape index (κ1) is 14.5. The van der Waals surface area contributed by atoms with E-state index >= 15 is 0 Å². The van der Waals surface area contributed by atoms with Gasteiger partial charge in [-0.2, -0.15) is 5.10 Å². The largest absolute Gasteiger partial charge is 0.478 e. The highest BCUT2D eigenvalue weighted by Crippen LogP contribution is 2.27. The van der Waals surface area contributed by atoms with E-state index in [1.165, 1.54) is 13.1 Å². The third kappa shape index (κ3) is 3.36. The minimum Gasteiger partial charge on any atom is -0.478 e. The highest BCUT2D eigenvalue weighted by atomic mass is 16.4. The molecule has 2 N–H and O–H groups in total. The zero-order chi connectivity index (χ0) is 15.4. The molecule has 108 valence electrons. The van der Waals surface area contributed by atoms with Crippen molar-refractivity contribution < 1.29 is 19.1 Å². The number of carbonyl (C=O) groups excluding carboxylic acids is 1. The zero-order valence-corrected chi connectivity index (χ0v) is 11.6. The van der Waals surface area contributed by atoms with Crippen molar-refractivity contribution >= 4 is 18.1 Å². The minimum atomic E-state index is -0.978. The Hall–Kier alpha value is -2.89. The van der Waals surface area contributed by atoms with Gasteiger partial charge in [0.2, 0.25) is 5.91 Å². The number of rotatable bonds is 4. The van der Waals surface area contributed by atoms with Gasteiger partial charge in [0.15, 0.2) is 0 Å². The standard InChI is InChI=1S/C15H14N2O4/c1-9-12(4-3-5-13(9)15(19)20)14-7-6-11(21-14)8-16-17-10(2)18/h3-8H,1-2H3,(H,17,18)(H,19,20)/b16-8-. The fourth-order valence-corrected chi connectivity index (χ4v) is 1.89. The van der Waals surface area contributed by atoms with Gasteiger partial charge in [-0.1, -0.05) is 12.1 Å². The molecule has 21 heavy (non-hydrogen) atoms. The number of nitrogens with zero attached hydrogens (tertiary/aromatic N) is 1. The van der Waals surface area contributed by atoms with Crippen molar-refractivity contribution in [3.63, 3.8) is 0 Å². The Bertz CT molecular complexity index is 716. The third-order valence-electron chi connectivity index (χ3n) is 2.87. The van der Waals surface area contributed by atoms with Gasteiger partial charge in [0.1, 0.15) is 11.5 Å². The summed E-state index contributed by atoms with van der Waals surface area (Å²) in [6.07, 6.45) is 1.38. The quantitative estimate of drug-likeness (QED) is 0.667. The highest BCUT2D eigenvalue weighted by Gasteiger charge is 2.13. The van der Waals surface area contributed by atoms with Crippen LogP contribution >= 0.6 is 0 Å². The van der Waals surface area contributed by atoms with Crippen molar-refractivity contribution in [1.82, 2.24) is 5.43 Å². The predicted molar refractivity (Wildman–Crippen MR) is 77.3 cm³/mol. The Morgan fingerprint density at radius 2 is 2.05 bits per heavy atom. The maximum Gasteiger partial charge on any atom is 0.335 e. The van der Waals surface area contributed by atoms with Crippen LogP contribution in [0.3, 0.4) is 0 Å². The number of benzene rings is 1. The van der Waals surface area contributed by atoms with E-state index in [9.17, 15) is 9.59 Å². The van der Waals surface area contributed by atoms with E-state index in [0.717, 1.165) is 0 Å². The van der Waals surface area contributed by atoms with Gasteiger partial charge >= 0.3 is 5.97 Å². The van der Waals surface area contributed by atoms with Crippen LogP contribution in [-0.4, -0.2) is 23.2 Å². The van der Waals surface area contributed by atoms with Crippen LogP contribution in [0.2, 0.25) is 0 Å². The number of carboxylic acids is 1. The smallest absolute Gasteiger partial charge is 0.335 e. The Balaban J connectivity index is 2.30. The van der Waals surface area contributed by atoms with Gasteiger partial charge in [-0.05, 0) is 30.7 Å². The molecule has 0 saturated carbocycles. The van der Waals surface area contributed by atoms with Crippen molar-refractivity contribution in [2.75, 3.05) is 0 Å². The van der Waals surface area contributed by atoms with E-state index in [2.05, 4.69) is 10.5 Å². The number of hydrogen-bond donors (Lipinski definition) is 2. The summed E-state index contributed by atoms with van der Waals surface area (Å²) >= 11 is 0. The van der Waals surface area contributed by atoms with Gasteiger partial charge in [-0.15, -0.1) is 0 Å². The number of hydrogen-bond acceptors (Lipinski definition) is 4. The average Bonchev–Trinajstić information content (AvgIpc) is 2.86. The van der Waals surface area contributed by atoms with Gasteiger partial charge in [0.25, 0.3) is 0 Å². The molecule has 6 nitrogen and oxygen atoms in total. The summed E-state index contributed by atoms with van der Waals surface area (Å²) in [4.78, 5) is 21.8. The van der Waals surface area contributed by atoms with Crippen LogP contribution in [0.4, 0.5) is 0 Å². The molecule has 6 heteroatoms. The van der Waals surface area contributed by atoms with Crippen LogP contribution < -0.4 is 5.43 Å². The second-order valence-corrected chi connectivity index (χ2v) is 4.41. The van der Waals surface area contributed by atoms with Gasteiger partial charge < -0.3 is 9.52 Å². The Morgan fingerprint density at radius 1 is 1.29 bits per heavy atom. The Kier molecular flexibility index (Phi) is 4.18. The summed E-state index contributed by atoms with van der Waals surface area (Å²) < 4.78 is 5.57. The predicted octanol–water partition coefficient (Wildman–Crippen LogP) is 2.42. The first-order valence-corrected chi connectivity index (χ1v) is 6.22. The molecule has 0 fully saturated rings. The van der Waals surface area contributed by atoms with E-state index in [1.807, 2.05) is 0 Å². The van der Waals surface area contributed by atoms with Crippen molar-refractivity contribution in [2.24, 2.45) is 5.10 Å². The maximum atomic E-state index is 11.1. The number of amides is 1. The van der Waals surface area contributed by atoms with Crippen LogP contribution in [0.25, 0.3) is 11.3 Å². The third-order valence-corrected chi connectivity index (χ3v) is 2.87. The van der Waals surface area contributed by atoms with Crippen LogP contribution in [-0.2, 0) is 4.79 Å². The van der Waals surface area contributed by atoms with Crippen molar-refractivity contribution in [3.8, 4) is 11.3 Å². The number of nitrogens with one attached hydrogen (secondary N) is 1. The second kappa shape index (κ2) is 6.04. The average molecular weight is 286 g/mol. The van der Waals surface area contributed by atoms with E-state index in [1.54, 1.807) is 37.3 Å². The monoisotopic (exact) mass is 286 g/mol. The molecule has 2 aromatic rings. The molecule has 0 radical (unpaired) electrons. The number of carbonyl (C=O) groups is 2. The molecule has 0 aliphatic heterocycles. The highest BCUT2D eigenvalue weighted by molar-refractivity contribution is 5.91. The molecular weight excluding hydrogens is 272 g/mol. The summed E-state index contributed by atoms with van der Waals surface area (Å²) in [5, 5.41) is 12.8. The molecule has 0 atom stereocenters. The number of carboxylic acid groups (broad SMARTS) is 1. The molecule has 0 aliphatic rings. The molecule has 2 rings (SSSR count). The molecule has 1 aromatic carbocycles. The van der Waals surface area contributed by atoms with E-state index in [0.29, 0.717) is 22.6 Å². The molecule has 1 heterocycles. The van der Waals surface area contributed by atoms with Crippen LogP contribution in [0.15, 0.2) is 39.9 Å². The van der Waals surface area contributed by atoms with Crippen LogP contribution in [0.5, 0.6) is 0 Å². The lowest BCUT2D eigenvalue weighted by atomic mass is 10.0. The lowest BCUT2D eigenvalue weighted by molar-refractivity contribution is -0.118. The first-order chi connectivity index (χ1) is 9.99. The summed E-state index contributed by atoms with van der Waals surface area (Å²) in [5.74, 6) is -0.255. The molecule has 0 aliphatic carbocycles. The van der Waals surface area contributed by atoms with Crippen molar-refractivity contribution in [3.05, 3.63) is 47.2 Å². The molecule has 0 bridgehead atoms. The van der Waals surface area contributed by atoms with Gasteiger partial charge in [-0.25, -0.2) is 10.2 Å². The fourth-order valence-electron chi connectivity index (χ4n) is 1.89. The normalized spacial score (nSPS) is 10.8. The minimum absolute atomic E-state index is 0.234. The topological polar surface area (TPSA) is 91.9 Å². The summed E-state index contributed by atoms with van der Waals surface area (Å²) in [7, 11) is 0. The zero-order valence-electron chi connectivity index (χ0n) is 11.6. The summed E-state index contributed by atoms with van der Waals surface area (Å²) in [6, 6.07) is 8.41.